The Hall–Kier alpha value is -2.85. The first-order chi connectivity index (χ1) is 11.5. The normalized spacial score (nSPS) is 10.2. The molecule has 0 saturated carbocycles. The van der Waals surface area contributed by atoms with E-state index in [4.69, 9.17) is 21.6 Å². The fraction of sp³-hybridized carbons (Fsp3) is 0.125. The van der Waals surface area contributed by atoms with E-state index in [1.807, 2.05) is 6.07 Å². The van der Waals surface area contributed by atoms with Crippen LogP contribution in [0, 0.1) is 11.3 Å². The summed E-state index contributed by atoms with van der Waals surface area (Å²) in [5, 5.41) is 11.5. The number of hydrogen-bond donors (Lipinski definition) is 1. The summed E-state index contributed by atoms with van der Waals surface area (Å²) in [7, 11) is 1.27. The zero-order chi connectivity index (χ0) is 17.7. The lowest BCUT2D eigenvalue weighted by Gasteiger charge is -2.14. The summed E-state index contributed by atoms with van der Waals surface area (Å²) in [6, 6.07) is 10.4. The molecule has 1 N–H and O–H groups in total. The molecule has 2 rings (SSSR count). The van der Waals surface area contributed by atoms with Gasteiger partial charge in [-0.2, -0.15) is 14.0 Å². The van der Waals surface area contributed by atoms with Crippen molar-refractivity contribution in [3.05, 3.63) is 52.5 Å². The van der Waals surface area contributed by atoms with E-state index < -0.39 is 12.5 Å². The van der Waals surface area contributed by atoms with Gasteiger partial charge in [0.15, 0.2) is 11.5 Å². The van der Waals surface area contributed by atoms with Crippen molar-refractivity contribution in [3.8, 4) is 17.6 Å². The highest BCUT2D eigenvalue weighted by Gasteiger charge is 2.20. The number of amides is 1. The van der Waals surface area contributed by atoms with Crippen LogP contribution in [0.2, 0.25) is 5.02 Å². The molecular weight excluding hydrogens is 342 g/mol. The van der Waals surface area contributed by atoms with Crippen molar-refractivity contribution in [2.24, 2.45) is 0 Å². The number of halogens is 3. The van der Waals surface area contributed by atoms with Gasteiger partial charge in [-0.1, -0.05) is 17.7 Å². The van der Waals surface area contributed by atoms with Crippen LogP contribution in [0.3, 0.4) is 0 Å². The summed E-state index contributed by atoms with van der Waals surface area (Å²) in [5.41, 5.74) is 0.419. The molecule has 0 radical (unpaired) electrons. The molecule has 0 aliphatic rings. The van der Waals surface area contributed by atoms with Crippen molar-refractivity contribution in [1.29, 1.82) is 5.26 Å². The maximum absolute atomic E-state index is 12.6. The van der Waals surface area contributed by atoms with Crippen molar-refractivity contribution >= 4 is 23.2 Å². The molecule has 0 spiro atoms. The minimum absolute atomic E-state index is 0.000751. The standard InChI is InChI=1S/C16H11ClF2N2O3/c1-23-13-4-2-3-11(14(13)24-16(18)19)15(22)21-10-6-5-9(8-20)12(17)7-10/h2-7,16H,1H3,(H,21,22). The van der Waals surface area contributed by atoms with E-state index in [1.165, 1.54) is 43.5 Å². The third-order valence-electron chi connectivity index (χ3n) is 3.00. The number of benzene rings is 2. The van der Waals surface area contributed by atoms with Crippen LogP contribution in [0.1, 0.15) is 15.9 Å². The smallest absolute Gasteiger partial charge is 0.387 e. The summed E-state index contributed by atoms with van der Waals surface area (Å²) in [4.78, 5) is 12.4. The van der Waals surface area contributed by atoms with Crippen molar-refractivity contribution < 1.29 is 23.0 Å². The highest BCUT2D eigenvalue weighted by atomic mass is 35.5. The SMILES string of the molecule is COc1cccc(C(=O)Nc2ccc(C#N)c(Cl)c2)c1OC(F)F. The Morgan fingerprint density at radius 2 is 2.08 bits per heavy atom. The van der Waals surface area contributed by atoms with Crippen molar-refractivity contribution in [2.75, 3.05) is 12.4 Å². The fourth-order valence-corrected chi connectivity index (χ4v) is 2.17. The zero-order valence-corrected chi connectivity index (χ0v) is 13.1. The number of hydrogen-bond acceptors (Lipinski definition) is 4. The monoisotopic (exact) mass is 352 g/mol. The number of para-hydroxylation sites is 1. The molecule has 0 aromatic heterocycles. The largest absolute Gasteiger partial charge is 0.493 e. The van der Waals surface area contributed by atoms with Crippen LogP contribution >= 0.6 is 11.6 Å². The van der Waals surface area contributed by atoms with E-state index in [0.29, 0.717) is 5.69 Å². The molecule has 24 heavy (non-hydrogen) atoms. The summed E-state index contributed by atoms with van der Waals surface area (Å²) in [5.74, 6) is -1.06. The van der Waals surface area contributed by atoms with E-state index in [9.17, 15) is 13.6 Å². The van der Waals surface area contributed by atoms with Gasteiger partial charge in [-0.05, 0) is 30.3 Å². The quantitative estimate of drug-likeness (QED) is 0.880. The van der Waals surface area contributed by atoms with Gasteiger partial charge in [0, 0.05) is 5.69 Å². The van der Waals surface area contributed by atoms with Crippen LogP contribution in [-0.2, 0) is 0 Å². The lowest BCUT2D eigenvalue weighted by Crippen LogP contribution is -2.15. The van der Waals surface area contributed by atoms with Crippen LogP contribution in [0.5, 0.6) is 11.5 Å². The fourth-order valence-electron chi connectivity index (χ4n) is 1.95. The molecule has 124 valence electrons. The minimum Gasteiger partial charge on any atom is -0.493 e. The van der Waals surface area contributed by atoms with E-state index in [0.717, 1.165) is 0 Å². The van der Waals surface area contributed by atoms with Crippen molar-refractivity contribution in [2.45, 2.75) is 6.61 Å². The molecule has 0 bridgehead atoms. The van der Waals surface area contributed by atoms with Gasteiger partial charge in [-0.15, -0.1) is 0 Å². The minimum atomic E-state index is -3.11. The second-order valence-corrected chi connectivity index (χ2v) is 4.88. The van der Waals surface area contributed by atoms with Crippen LogP contribution in [-0.4, -0.2) is 19.6 Å². The number of nitrogens with zero attached hydrogens (tertiary/aromatic N) is 1. The van der Waals surface area contributed by atoms with E-state index >= 15 is 0 Å². The predicted molar refractivity (Wildman–Crippen MR) is 83.7 cm³/mol. The summed E-state index contributed by atoms with van der Waals surface area (Å²) < 4.78 is 34.5. The zero-order valence-electron chi connectivity index (χ0n) is 12.3. The number of nitrogens with one attached hydrogen (secondary N) is 1. The summed E-state index contributed by atoms with van der Waals surface area (Å²) in [6.07, 6.45) is 0. The molecule has 0 saturated heterocycles. The number of nitriles is 1. The van der Waals surface area contributed by atoms with E-state index in [1.54, 1.807) is 0 Å². The van der Waals surface area contributed by atoms with Gasteiger partial charge in [0.1, 0.15) is 6.07 Å². The second kappa shape index (κ2) is 7.62. The molecular formula is C16H11ClF2N2O3. The first-order valence-electron chi connectivity index (χ1n) is 6.59. The Kier molecular flexibility index (Phi) is 5.55. The van der Waals surface area contributed by atoms with Crippen molar-refractivity contribution in [1.82, 2.24) is 0 Å². The second-order valence-electron chi connectivity index (χ2n) is 4.48. The third kappa shape index (κ3) is 3.91. The Bertz CT molecular complexity index is 806. The molecule has 5 nitrogen and oxygen atoms in total. The van der Waals surface area contributed by atoms with Crippen LogP contribution < -0.4 is 14.8 Å². The topological polar surface area (TPSA) is 71.3 Å². The van der Waals surface area contributed by atoms with Gasteiger partial charge in [0.25, 0.3) is 5.91 Å². The molecule has 0 aliphatic carbocycles. The first kappa shape index (κ1) is 17.5. The van der Waals surface area contributed by atoms with Gasteiger partial charge in [-0.25, -0.2) is 0 Å². The molecule has 0 aliphatic heterocycles. The number of carbonyl (C=O) groups excluding carboxylic acids is 1. The molecule has 0 fully saturated rings. The first-order valence-corrected chi connectivity index (χ1v) is 6.97. The third-order valence-corrected chi connectivity index (χ3v) is 3.31. The highest BCUT2D eigenvalue weighted by Crippen LogP contribution is 2.33. The Labute approximate surface area is 141 Å². The lowest BCUT2D eigenvalue weighted by molar-refractivity contribution is -0.0515. The van der Waals surface area contributed by atoms with E-state index in [2.05, 4.69) is 10.1 Å². The van der Waals surface area contributed by atoms with Gasteiger partial charge in [-0.3, -0.25) is 4.79 Å². The number of ether oxygens (including phenoxy) is 2. The Morgan fingerprint density at radius 1 is 1.33 bits per heavy atom. The molecule has 2 aromatic carbocycles. The van der Waals surface area contributed by atoms with Gasteiger partial charge in [0.05, 0.1) is 23.3 Å². The number of carbonyl (C=O) groups is 1. The Balaban J connectivity index is 2.33. The van der Waals surface area contributed by atoms with Crippen LogP contribution in [0.15, 0.2) is 36.4 Å². The molecule has 8 heteroatoms. The number of anilines is 1. The number of methoxy groups -OCH3 is 1. The molecule has 0 atom stereocenters. The molecule has 0 heterocycles. The van der Waals surface area contributed by atoms with Crippen LogP contribution in [0.25, 0.3) is 0 Å². The maximum atomic E-state index is 12.6. The van der Waals surface area contributed by atoms with Gasteiger partial charge in [0.2, 0.25) is 0 Å². The Morgan fingerprint density at radius 3 is 2.67 bits per heavy atom. The van der Waals surface area contributed by atoms with Crippen LogP contribution in [0.4, 0.5) is 14.5 Å². The van der Waals surface area contributed by atoms with Gasteiger partial charge >= 0.3 is 6.61 Å². The lowest BCUT2D eigenvalue weighted by atomic mass is 10.1. The van der Waals surface area contributed by atoms with Crippen molar-refractivity contribution in [3.63, 3.8) is 0 Å². The summed E-state index contributed by atoms with van der Waals surface area (Å²) in [6.45, 7) is -3.11. The summed E-state index contributed by atoms with van der Waals surface area (Å²) >= 11 is 5.89. The average Bonchev–Trinajstić information content (AvgIpc) is 2.54. The maximum Gasteiger partial charge on any atom is 0.387 e. The molecule has 1 amide bonds. The number of alkyl halides is 2. The highest BCUT2D eigenvalue weighted by molar-refractivity contribution is 6.32. The molecule has 0 unspecified atom stereocenters. The van der Waals surface area contributed by atoms with E-state index in [-0.39, 0.29) is 27.6 Å². The number of rotatable bonds is 5. The predicted octanol–water partition coefficient (Wildman–Crippen LogP) is 4.07. The molecule has 2 aromatic rings. The average molecular weight is 353 g/mol. The van der Waals surface area contributed by atoms with Gasteiger partial charge < -0.3 is 14.8 Å².